The summed E-state index contributed by atoms with van der Waals surface area (Å²) in [6.45, 7) is 3.63. The molecule has 0 aliphatic rings. The third-order valence-electron chi connectivity index (χ3n) is 3.71. The summed E-state index contributed by atoms with van der Waals surface area (Å²) in [6.07, 6.45) is 0. The highest BCUT2D eigenvalue weighted by Crippen LogP contribution is 2.27. The van der Waals surface area contributed by atoms with Gasteiger partial charge in [-0.25, -0.2) is 4.79 Å². The number of nitrogens with zero attached hydrogens (tertiary/aromatic N) is 1. The van der Waals surface area contributed by atoms with Crippen molar-refractivity contribution in [2.75, 3.05) is 31.8 Å². The van der Waals surface area contributed by atoms with Gasteiger partial charge in [-0.2, -0.15) is 0 Å². The Kier molecular flexibility index (Phi) is 7.02. The number of esters is 1. The van der Waals surface area contributed by atoms with Crippen LogP contribution in [0.15, 0.2) is 48.5 Å². The normalized spacial score (nSPS) is 10.1. The van der Waals surface area contributed by atoms with Crippen LogP contribution in [0.3, 0.4) is 0 Å². The maximum absolute atomic E-state index is 12.3. The molecule has 0 aromatic heterocycles. The van der Waals surface area contributed by atoms with Crippen molar-refractivity contribution in [1.29, 1.82) is 0 Å². The maximum Gasteiger partial charge on any atom is 0.344 e. The minimum atomic E-state index is -0.620. The first-order valence-corrected chi connectivity index (χ1v) is 8.33. The van der Waals surface area contributed by atoms with E-state index >= 15 is 0 Å². The number of hydrogen-bond donors (Lipinski definition) is 0. The third kappa shape index (κ3) is 5.24. The Hall–Kier alpha value is -3.02. The molecule has 6 nitrogen and oxygen atoms in total. The van der Waals surface area contributed by atoms with E-state index in [1.165, 1.54) is 7.11 Å². The average molecular weight is 357 g/mol. The molecular formula is C20H23NO5. The molecule has 0 N–H and O–H groups in total. The van der Waals surface area contributed by atoms with Gasteiger partial charge in [-0.1, -0.05) is 24.3 Å². The number of methoxy groups -OCH3 is 1. The van der Waals surface area contributed by atoms with Crippen molar-refractivity contribution >= 4 is 17.6 Å². The van der Waals surface area contributed by atoms with Crippen molar-refractivity contribution in [1.82, 2.24) is 0 Å². The van der Waals surface area contributed by atoms with Gasteiger partial charge in [0, 0.05) is 12.2 Å². The lowest BCUT2D eigenvalue weighted by Crippen LogP contribution is -2.35. The van der Waals surface area contributed by atoms with Crippen LogP contribution in [0.2, 0.25) is 0 Å². The second-order valence-electron chi connectivity index (χ2n) is 5.58. The fourth-order valence-electron chi connectivity index (χ4n) is 2.40. The van der Waals surface area contributed by atoms with Crippen LogP contribution in [0.1, 0.15) is 12.5 Å². The molecule has 0 fully saturated rings. The molecule has 0 heterocycles. The fraction of sp³-hybridized carbons (Fsp3) is 0.300. The van der Waals surface area contributed by atoms with Crippen LogP contribution in [-0.4, -0.2) is 38.7 Å². The number of benzene rings is 2. The lowest BCUT2D eigenvalue weighted by atomic mass is 10.2. The van der Waals surface area contributed by atoms with E-state index in [4.69, 9.17) is 14.2 Å². The standard InChI is InChI=1S/C20H23NO5/c1-4-21(16-8-6-5-7-9-16)19(22)13-26-20(23)14-25-17-11-10-15(2)12-18(17)24-3/h5-12H,4,13-14H2,1-3H3. The molecule has 2 rings (SSSR count). The SMILES string of the molecule is CCN(C(=O)COC(=O)COc1ccc(C)cc1OC)c1ccccc1. The van der Waals surface area contributed by atoms with Crippen LogP contribution in [-0.2, 0) is 14.3 Å². The van der Waals surface area contributed by atoms with E-state index in [-0.39, 0.29) is 19.1 Å². The lowest BCUT2D eigenvalue weighted by molar-refractivity contribution is -0.149. The number of rotatable bonds is 8. The Morgan fingerprint density at radius 2 is 1.73 bits per heavy atom. The summed E-state index contributed by atoms with van der Waals surface area (Å²) in [7, 11) is 1.53. The summed E-state index contributed by atoms with van der Waals surface area (Å²) in [5.74, 6) is 0.0704. The van der Waals surface area contributed by atoms with Gasteiger partial charge in [0.05, 0.1) is 7.11 Å². The van der Waals surface area contributed by atoms with Crippen LogP contribution in [0.4, 0.5) is 5.69 Å². The third-order valence-corrected chi connectivity index (χ3v) is 3.71. The zero-order valence-corrected chi connectivity index (χ0v) is 15.2. The Morgan fingerprint density at radius 1 is 1.00 bits per heavy atom. The number of anilines is 1. The number of aryl methyl sites for hydroxylation is 1. The summed E-state index contributed by atoms with van der Waals surface area (Å²) in [5, 5.41) is 0. The van der Waals surface area contributed by atoms with Gasteiger partial charge in [-0.05, 0) is 43.7 Å². The number of likely N-dealkylation sites (N-methyl/N-ethyl adjacent to an activating group) is 1. The summed E-state index contributed by atoms with van der Waals surface area (Å²) >= 11 is 0. The van der Waals surface area contributed by atoms with Crippen molar-refractivity contribution in [3.63, 3.8) is 0 Å². The molecule has 26 heavy (non-hydrogen) atoms. The fourth-order valence-corrected chi connectivity index (χ4v) is 2.40. The maximum atomic E-state index is 12.3. The first-order chi connectivity index (χ1) is 12.5. The molecule has 0 aliphatic carbocycles. The molecular weight excluding hydrogens is 334 g/mol. The molecule has 0 spiro atoms. The molecule has 138 valence electrons. The monoisotopic (exact) mass is 357 g/mol. The largest absolute Gasteiger partial charge is 0.493 e. The van der Waals surface area contributed by atoms with E-state index in [0.717, 1.165) is 11.3 Å². The number of amides is 1. The minimum absolute atomic E-state index is 0.292. The number of ether oxygens (including phenoxy) is 3. The molecule has 6 heteroatoms. The van der Waals surface area contributed by atoms with Crippen LogP contribution < -0.4 is 14.4 Å². The van der Waals surface area contributed by atoms with E-state index in [9.17, 15) is 9.59 Å². The Labute approximate surface area is 153 Å². The first-order valence-electron chi connectivity index (χ1n) is 8.33. The second-order valence-corrected chi connectivity index (χ2v) is 5.58. The molecule has 0 bridgehead atoms. The Morgan fingerprint density at radius 3 is 2.38 bits per heavy atom. The first kappa shape index (κ1) is 19.3. The van der Waals surface area contributed by atoms with Gasteiger partial charge < -0.3 is 19.1 Å². The van der Waals surface area contributed by atoms with Gasteiger partial charge in [0.15, 0.2) is 24.7 Å². The number of para-hydroxylation sites is 1. The predicted molar refractivity (Wildman–Crippen MR) is 98.7 cm³/mol. The summed E-state index contributed by atoms with van der Waals surface area (Å²) < 4.78 is 15.7. The quantitative estimate of drug-likeness (QED) is 0.680. The molecule has 0 saturated carbocycles. The molecule has 1 amide bonds. The summed E-state index contributed by atoms with van der Waals surface area (Å²) in [5.41, 5.74) is 1.78. The van der Waals surface area contributed by atoms with Crippen molar-refractivity contribution in [2.24, 2.45) is 0 Å². The highest BCUT2D eigenvalue weighted by atomic mass is 16.6. The van der Waals surface area contributed by atoms with Crippen LogP contribution in [0.25, 0.3) is 0 Å². The summed E-state index contributed by atoms with van der Waals surface area (Å²) in [6, 6.07) is 14.6. The second kappa shape index (κ2) is 9.46. The Bertz CT molecular complexity index is 745. The van der Waals surface area contributed by atoms with E-state index in [0.29, 0.717) is 18.0 Å². The van der Waals surface area contributed by atoms with Crippen LogP contribution >= 0.6 is 0 Å². The molecule has 0 atom stereocenters. The van der Waals surface area contributed by atoms with Gasteiger partial charge in [-0.3, -0.25) is 4.79 Å². The van der Waals surface area contributed by atoms with E-state index in [2.05, 4.69) is 0 Å². The van der Waals surface area contributed by atoms with Crippen molar-refractivity contribution in [3.05, 3.63) is 54.1 Å². The van der Waals surface area contributed by atoms with Gasteiger partial charge in [0.25, 0.3) is 5.91 Å². The smallest absolute Gasteiger partial charge is 0.344 e. The number of hydrogen-bond acceptors (Lipinski definition) is 5. The van der Waals surface area contributed by atoms with Crippen molar-refractivity contribution in [2.45, 2.75) is 13.8 Å². The van der Waals surface area contributed by atoms with Gasteiger partial charge >= 0.3 is 5.97 Å². The molecule has 2 aromatic carbocycles. The van der Waals surface area contributed by atoms with E-state index in [1.54, 1.807) is 11.0 Å². The molecule has 0 saturated heterocycles. The van der Waals surface area contributed by atoms with Gasteiger partial charge in [0.2, 0.25) is 0 Å². The molecule has 0 aliphatic heterocycles. The predicted octanol–water partition coefficient (Wildman–Crippen LogP) is 2.98. The van der Waals surface area contributed by atoms with Crippen molar-refractivity contribution < 1.29 is 23.8 Å². The van der Waals surface area contributed by atoms with E-state index < -0.39 is 5.97 Å². The van der Waals surface area contributed by atoms with Crippen LogP contribution in [0.5, 0.6) is 11.5 Å². The molecule has 0 radical (unpaired) electrons. The number of carbonyl (C=O) groups is 2. The molecule has 0 unspecified atom stereocenters. The zero-order chi connectivity index (χ0) is 18.9. The topological polar surface area (TPSA) is 65.1 Å². The highest BCUT2D eigenvalue weighted by molar-refractivity contribution is 5.95. The van der Waals surface area contributed by atoms with E-state index in [1.807, 2.05) is 56.3 Å². The van der Waals surface area contributed by atoms with Crippen LogP contribution in [0, 0.1) is 6.92 Å². The molecule has 2 aromatic rings. The van der Waals surface area contributed by atoms with Gasteiger partial charge in [-0.15, -0.1) is 0 Å². The van der Waals surface area contributed by atoms with Crippen molar-refractivity contribution in [3.8, 4) is 11.5 Å². The zero-order valence-electron chi connectivity index (χ0n) is 15.2. The number of carbonyl (C=O) groups excluding carboxylic acids is 2. The Balaban J connectivity index is 1.85. The minimum Gasteiger partial charge on any atom is -0.493 e. The summed E-state index contributed by atoms with van der Waals surface area (Å²) in [4.78, 5) is 25.7. The lowest BCUT2D eigenvalue weighted by Gasteiger charge is -2.20. The van der Waals surface area contributed by atoms with Gasteiger partial charge in [0.1, 0.15) is 0 Å². The highest BCUT2D eigenvalue weighted by Gasteiger charge is 2.16. The average Bonchev–Trinajstić information content (AvgIpc) is 2.66.